The van der Waals surface area contributed by atoms with E-state index < -0.39 is 10.0 Å². The van der Waals surface area contributed by atoms with Crippen molar-refractivity contribution in [2.45, 2.75) is 57.1 Å². The Balaban J connectivity index is 2.41. The topological polar surface area (TPSA) is 79.5 Å². The zero-order valence-corrected chi connectivity index (χ0v) is 11.7. The maximum absolute atomic E-state index is 12.4. The molecule has 2 N–H and O–H groups in total. The molecule has 0 amide bonds. The number of rotatable bonds is 4. The molecule has 0 atom stereocenters. The smallest absolute Gasteiger partial charge is 0.244 e. The molecule has 0 spiro atoms. The van der Waals surface area contributed by atoms with Crippen molar-refractivity contribution in [2.24, 2.45) is 0 Å². The van der Waals surface area contributed by atoms with Crippen LogP contribution in [0.15, 0.2) is 9.31 Å². The summed E-state index contributed by atoms with van der Waals surface area (Å²) in [5.41, 5.74) is -0.00803. The summed E-state index contributed by atoms with van der Waals surface area (Å²) >= 11 is 0. The van der Waals surface area contributed by atoms with E-state index in [1.54, 1.807) is 13.8 Å². The first-order chi connectivity index (χ1) is 8.29. The SMILES string of the molecule is Cc1oc(C)c(S(=O)(=O)NC2(C)CCC2)c1CO. The van der Waals surface area contributed by atoms with Gasteiger partial charge < -0.3 is 9.52 Å². The molecule has 0 aromatic carbocycles. The maximum Gasteiger partial charge on any atom is 0.244 e. The van der Waals surface area contributed by atoms with E-state index in [2.05, 4.69) is 4.72 Å². The average Bonchev–Trinajstić information content (AvgIpc) is 2.50. The summed E-state index contributed by atoms with van der Waals surface area (Å²) in [4.78, 5) is 0.0932. The summed E-state index contributed by atoms with van der Waals surface area (Å²) in [6.45, 7) is 4.82. The van der Waals surface area contributed by atoms with Gasteiger partial charge in [-0.05, 0) is 40.0 Å². The fraction of sp³-hybridized carbons (Fsp3) is 0.667. The van der Waals surface area contributed by atoms with E-state index in [0.29, 0.717) is 17.1 Å². The lowest BCUT2D eigenvalue weighted by molar-refractivity contribution is 0.247. The van der Waals surface area contributed by atoms with Gasteiger partial charge in [0.2, 0.25) is 10.0 Å². The molecule has 1 aliphatic carbocycles. The van der Waals surface area contributed by atoms with Crippen LogP contribution < -0.4 is 4.72 Å². The molecule has 5 nitrogen and oxygen atoms in total. The molecule has 0 saturated heterocycles. The predicted octanol–water partition coefficient (Wildman–Crippen LogP) is 1.61. The second-order valence-corrected chi connectivity index (χ2v) is 6.82. The first-order valence-corrected chi connectivity index (χ1v) is 7.51. The second-order valence-electron chi connectivity index (χ2n) is 5.20. The highest BCUT2D eigenvalue weighted by Gasteiger charge is 2.38. The minimum atomic E-state index is -3.64. The molecule has 6 heteroatoms. The van der Waals surface area contributed by atoms with Crippen LogP contribution in [0, 0.1) is 13.8 Å². The van der Waals surface area contributed by atoms with Gasteiger partial charge in [0.15, 0.2) is 0 Å². The van der Waals surface area contributed by atoms with Gasteiger partial charge >= 0.3 is 0 Å². The molecule has 1 aromatic rings. The molecule has 1 heterocycles. The zero-order valence-electron chi connectivity index (χ0n) is 10.9. The minimum absolute atomic E-state index is 0.0932. The number of aliphatic hydroxyl groups excluding tert-OH is 1. The summed E-state index contributed by atoms with van der Waals surface area (Å²) in [5.74, 6) is 0.779. The van der Waals surface area contributed by atoms with Crippen LogP contribution in [0.1, 0.15) is 43.3 Å². The Morgan fingerprint density at radius 1 is 1.33 bits per heavy atom. The summed E-state index contributed by atoms with van der Waals surface area (Å²) in [6, 6.07) is 0. The molecule has 18 heavy (non-hydrogen) atoms. The first-order valence-electron chi connectivity index (χ1n) is 6.03. The highest BCUT2D eigenvalue weighted by Crippen LogP contribution is 2.34. The van der Waals surface area contributed by atoms with E-state index in [1.165, 1.54) is 0 Å². The molecule has 2 rings (SSSR count). The maximum atomic E-state index is 12.4. The van der Waals surface area contributed by atoms with Gasteiger partial charge in [-0.3, -0.25) is 0 Å². The molecule has 1 aromatic heterocycles. The number of hydrogen-bond donors (Lipinski definition) is 2. The molecule has 0 bridgehead atoms. The van der Waals surface area contributed by atoms with Crippen molar-refractivity contribution in [1.82, 2.24) is 4.72 Å². The van der Waals surface area contributed by atoms with Gasteiger partial charge in [-0.2, -0.15) is 0 Å². The van der Waals surface area contributed by atoms with E-state index in [9.17, 15) is 13.5 Å². The number of hydrogen-bond acceptors (Lipinski definition) is 4. The van der Waals surface area contributed by atoms with Gasteiger partial charge in [0.25, 0.3) is 0 Å². The van der Waals surface area contributed by atoms with Crippen LogP contribution in [0.3, 0.4) is 0 Å². The third kappa shape index (κ3) is 2.20. The van der Waals surface area contributed by atoms with Gasteiger partial charge in [-0.25, -0.2) is 13.1 Å². The Morgan fingerprint density at radius 2 is 1.94 bits per heavy atom. The van der Waals surface area contributed by atoms with Gasteiger partial charge in [-0.1, -0.05) is 0 Å². The van der Waals surface area contributed by atoms with Crippen LogP contribution in [0.25, 0.3) is 0 Å². The fourth-order valence-corrected chi connectivity index (χ4v) is 4.34. The lowest BCUT2D eigenvalue weighted by atomic mass is 9.80. The van der Waals surface area contributed by atoms with E-state index in [0.717, 1.165) is 19.3 Å². The summed E-state index contributed by atoms with van der Waals surface area (Å²) < 4.78 is 32.8. The minimum Gasteiger partial charge on any atom is -0.465 e. The fourth-order valence-electron chi connectivity index (χ4n) is 2.43. The second kappa shape index (κ2) is 4.36. The van der Waals surface area contributed by atoms with Gasteiger partial charge in [0.1, 0.15) is 16.4 Å². The van der Waals surface area contributed by atoms with Crippen molar-refractivity contribution in [1.29, 1.82) is 0 Å². The quantitative estimate of drug-likeness (QED) is 0.873. The Kier molecular flexibility index (Phi) is 3.29. The molecule has 1 saturated carbocycles. The monoisotopic (exact) mass is 273 g/mol. The number of aliphatic hydroxyl groups is 1. The first kappa shape index (κ1) is 13.6. The number of furan rings is 1. The standard InChI is InChI=1S/C12H19NO4S/c1-8-10(7-14)11(9(2)17-8)18(15,16)13-12(3)5-4-6-12/h13-14H,4-7H2,1-3H3. The highest BCUT2D eigenvalue weighted by molar-refractivity contribution is 7.89. The summed E-state index contributed by atoms with van der Waals surface area (Å²) in [5, 5.41) is 9.29. The van der Waals surface area contributed by atoms with Crippen LogP contribution in [-0.2, 0) is 16.6 Å². The molecule has 0 unspecified atom stereocenters. The van der Waals surface area contributed by atoms with Crippen LogP contribution >= 0.6 is 0 Å². The van der Waals surface area contributed by atoms with E-state index in [-0.39, 0.29) is 17.0 Å². The van der Waals surface area contributed by atoms with Gasteiger partial charge in [0, 0.05) is 11.1 Å². The van der Waals surface area contributed by atoms with Crippen molar-refractivity contribution < 1.29 is 17.9 Å². The molecule has 102 valence electrons. The molecule has 1 aliphatic rings. The van der Waals surface area contributed by atoms with Crippen molar-refractivity contribution in [3.63, 3.8) is 0 Å². The van der Waals surface area contributed by atoms with E-state index >= 15 is 0 Å². The number of sulfonamides is 1. The Hall–Kier alpha value is -0.850. The molecule has 1 fully saturated rings. The summed E-state index contributed by atoms with van der Waals surface area (Å²) in [7, 11) is -3.64. The Bertz CT molecular complexity index is 555. The molecule has 0 aliphatic heterocycles. The van der Waals surface area contributed by atoms with Crippen molar-refractivity contribution in [3.05, 3.63) is 17.1 Å². The Labute approximate surface area is 107 Å². The van der Waals surface area contributed by atoms with Crippen molar-refractivity contribution in [2.75, 3.05) is 0 Å². The van der Waals surface area contributed by atoms with Gasteiger partial charge in [-0.15, -0.1) is 0 Å². The Morgan fingerprint density at radius 3 is 2.39 bits per heavy atom. The van der Waals surface area contributed by atoms with Crippen molar-refractivity contribution >= 4 is 10.0 Å². The third-order valence-corrected chi connectivity index (χ3v) is 5.42. The zero-order chi connectivity index (χ0) is 13.6. The normalized spacial score (nSPS) is 18.7. The molecule has 0 radical (unpaired) electrons. The molecular weight excluding hydrogens is 254 g/mol. The molecular formula is C12H19NO4S. The highest BCUT2D eigenvalue weighted by atomic mass is 32.2. The lowest BCUT2D eigenvalue weighted by Crippen LogP contribution is -2.50. The van der Waals surface area contributed by atoms with Crippen LogP contribution in [0.4, 0.5) is 0 Å². The van der Waals surface area contributed by atoms with Gasteiger partial charge in [0.05, 0.1) is 6.61 Å². The van der Waals surface area contributed by atoms with Crippen molar-refractivity contribution in [3.8, 4) is 0 Å². The number of nitrogens with one attached hydrogen (secondary N) is 1. The largest absolute Gasteiger partial charge is 0.465 e. The van der Waals surface area contributed by atoms with Crippen LogP contribution in [-0.4, -0.2) is 19.1 Å². The number of aryl methyl sites for hydroxylation is 2. The van der Waals surface area contributed by atoms with E-state index in [4.69, 9.17) is 4.42 Å². The van der Waals surface area contributed by atoms with Crippen LogP contribution in [0.2, 0.25) is 0 Å². The third-order valence-electron chi connectivity index (χ3n) is 3.59. The average molecular weight is 273 g/mol. The summed E-state index contributed by atoms with van der Waals surface area (Å²) in [6.07, 6.45) is 2.72. The van der Waals surface area contributed by atoms with Crippen LogP contribution in [0.5, 0.6) is 0 Å². The van der Waals surface area contributed by atoms with E-state index in [1.807, 2.05) is 6.92 Å². The lowest BCUT2D eigenvalue weighted by Gasteiger charge is -2.38. The predicted molar refractivity (Wildman–Crippen MR) is 66.7 cm³/mol.